The van der Waals surface area contributed by atoms with E-state index in [0.29, 0.717) is 42.7 Å². The molecule has 5 N–H and O–H groups in total. The van der Waals surface area contributed by atoms with Gasteiger partial charge in [-0.3, -0.25) is 39.1 Å². The third kappa shape index (κ3) is 12.7. The lowest BCUT2D eigenvalue weighted by Crippen LogP contribution is -2.57. The predicted octanol–water partition coefficient (Wildman–Crippen LogP) is 3.97. The molecule has 0 spiro atoms. The van der Waals surface area contributed by atoms with Gasteiger partial charge in [-0.25, -0.2) is 9.97 Å². The highest BCUT2D eigenvalue weighted by molar-refractivity contribution is 7.14. The maximum atomic E-state index is 14.1. The molecule has 0 bridgehead atoms. The van der Waals surface area contributed by atoms with Gasteiger partial charge in [0.05, 0.1) is 27.9 Å². The second-order valence-electron chi connectivity index (χ2n) is 17.9. The van der Waals surface area contributed by atoms with Gasteiger partial charge in [0.15, 0.2) is 11.7 Å². The number of ether oxygens (including phenoxy) is 1. The Kier molecular flexibility index (Phi) is 16.0. The van der Waals surface area contributed by atoms with E-state index in [0.717, 1.165) is 21.7 Å². The van der Waals surface area contributed by atoms with Gasteiger partial charge in [0.2, 0.25) is 17.7 Å². The van der Waals surface area contributed by atoms with E-state index in [2.05, 4.69) is 41.1 Å². The van der Waals surface area contributed by atoms with E-state index in [1.165, 1.54) is 34.4 Å². The summed E-state index contributed by atoms with van der Waals surface area (Å²) in [6.07, 6.45) is 0.589. The first-order valence-electron chi connectivity index (χ1n) is 22.3. The lowest BCUT2D eigenvalue weighted by molar-refractivity contribution is -0.144. The van der Waals surface area contributed by atoms with E-state index >= 15 is 0 Å². The Hall–Kier alpha value is -6.61. The molecule has 5 aromatic rings. The molecule has 0 saturated carbocycles. The fourth-order valence-corrected chi connectivity index (χ4v) is 9.30. The number of benzene rings is 2. The number of likely N-dealkylation sites (tertiary alicyclic amines) is 1. The number of thiazole rings is 2. The van der Waals surface area contributed by atoms with E-state index in [4.69, 9.17) is 4.74 Å². The summed E-state index contributed by atoms with van der Waals surface area (Å²) in [7, 11) is 1.98. The molecule has 5 heterocycles. The number of hydrogen-bond donors (Lipinski definition) is 5. The summed E-state index contributed by atoms with van der Waals surface area (Å²) in [5, 5.41) is 23.8. The average Bonchev–Trinajstić information content (AvgIpc) is 4.09. The van der Waals surface area contributed by atoms with Gasteiger partial charge in [0, 0.05) is 81.4 Å². The van der Waals surface area contributed by atoms with Crippen LogP contribution < -0.4 is 26.0 Å². The number of aromatic nitrogens is 3. The average molecular weight is 965 g/mol. The largest absolute Gasteiger partial charge is 0.484 e. The van der Waals surface area contributed by atoms with Crippen molar-refractivity contribution in [3.63, 3.8) is 0 Å². The molecular weight excluding hydrogens is 909 g/mol. The first-order chi connectivity index (χ1) is 32.5. The Bertz CT molecular complexity index is 2610. The molecule has 3 aromatic heterocycles. The lowest BCUT2D eigenvalue weighted by atomic mass is 9.85. The Morgan fingerprint density at radius 1 is 0.897 bits per heavy atom. The number of carbonyl (C=O) groups is 6. The molecule has 2 aromatic carbocycles. The molecule has 20 heteroatoms. The molecule has 68 heavy (non-hydrogen) atoms. The number of amides is 6. The number of rotatable bonds is 16. The molecule has 2 aliphatic heterocycles. The van der Waals surface area contributed by atoms with Crippen molar-refractivity contribution in [1.29, 1.82) is 0 Å². The van der Waals surface area contributed by atoms with Crippen LogP contribution in [0, 0.1) is 12.3 Å². The second kappa shape index (κ2) is 22.0. The van der Waals surface area contributed by atoms with Crippen LogP contribution in [0.15, 0.2) is 77.8 Å². The number of carbonyl (C=O) groups excluding carboxylic acids is 6. The standard InChI is InChI=1S/C48H56N10O8S2/c1-29-41(68-28-52-29)31-11-9-30(10-12-31)24-51-44(63)38-23-34(59)25-58(38)46(65)42(48(2,3)4)54-39(60)13-15-50-40(61)26-66-35-21-32(20-33(22-35)45(64)57-18-16-56(5)17-19-57)43(62)55-47-53-37(27-67-47)36-8-6-7-14-49-36/h6-12,14,20-22,27-28,34,38,42,59H,13,15-19,23-26H2,1-5H3,(H,50,61)(H,51,63)(H,54,60)(H,53,55,62)/t34-,38+,42-/m1/s1. The Balaban J connectivity index is 0.925. The van der Waals surface area contributed by atoms with Gasteiger partial charge >= 0.3 is 0 Å². The van der Waals surface area contributed by atoms with Crippen molar-refractivity contribution in [2.75, 3.05) is 58.2 Å². The number of anilines is 1. The highest BCUT2D eigenvalue weighted by atomic mass is 32.1. The van der Waals surface area contributed by atoms with E-state index in [1.807, 2.05) is 50.4 Å². The van der Waals surface area contributed by atoms with Gasteiger partial charge < -0.3 is 40.5 Å². The zero-order chi connectivity index (χ0) is 48.5. The van der Waals surface area contributed by atoms with Gasteiger partial charge in [-0.1, -0.05) is 51.1 Å². The number of aliphatic hydroxyl groups is 1. The molecule has 0 aliphatic carbocycles. The van der Waals surface area contributed by atoms with Crippen LogP contribution in [-0.2, 0) is 25.7 Å². The number of β-amino-alcohol motifs (C(OH)–C–C–N with tert-alkyl or cyclic N) is 1. The molecule has 6 amide bonds. The number of pyridine rings is 1. The summed E-state index contributed by atoms with van der Waals surface area (Å²) in [4.78, 5) is 100. The summed E-state index contributed by atoms with van der Waals surface area (Å²) in [6.45, 7) is 9.26. The second-order valence-corrected chi connectivity index (χ2v) is 19.6. The highest BCUT2D eigenvalue weighted by Crippen LogP contribution is 2.29. The van der Waals surface area contributed by atoms with Gasteiger partial charge in [-0.2, -0.15) is 0 Å². The predicted molar refractivity (Wildman–Crippen MR) is 258 cm³/mol. The minimum Gasteiger partial charge on any atom is -0.484 e. The van der Waals surface area contributed by atoms with E-state index in [-0.39, 0.29) is 55.3 Å². The molecule has 358 valence electrons. The number of likely N-dealkylation sites (N-methyl/N-ethyl adjacent to an activating group) is 1. The van der Waals surface area contributed by atoms with Crippen LogP contribution in [0.1, 0.15) is 65.6 Å². The molecule has 7 rings (SSSR count). The fraction of sp³-hybridized carbons (Fsp3) is 0.396. The number of nitrogens with one attached hydrogen (secondary N) is 4. The van der Waals surface area contributed by atoms with E-state index in [9.17, 15) is 33.9 Å². The van der Waals surface area contributed by atoms with E-state index < -0.39 is 59.7 Å². The number of aliphatic hydroxyl groups excluding tert-OH is 1. The van der Waals surface area contributed by atoms with Crippen molar-refractivity contribution in [3.05, 3.63) is 100 Å². The summed E-state index contributed by atoms with van der Waals surface area (Å²) in [6, 6.07) is 15.6. The number of nitrogens with zero attached hydrogens (tertiary/aromatic N) is 6. The molecule has 3 atom stereocenters. The zero-order valence-electron chi connectivity index (χ0n) is 38.6. The third-order valence-corrected chi connectivity index (χ3v) is 13.3. The first kappa shape index (κ1) is 49.3. The third-order valence-electron chi connectivity index (χ3n) is 11.6. The molecule has 2 fully saturated rings. The minimum absolute atomic E-state index is 0.0477. The maximum Gasteiger partial charge on any atom is 0.257 e. The van der Waals surface area contributed by atoms with Gasteiger partial charge in [0.1, 0.15) is 23.5 Å². The quantitative estimate of drug-likeness (QED) is 0.0947. The van der Waals surface area contributed by atoms with Crippen LogP contribution >= 0.6 is 22.7 Å². The van der Waals surface area contributed by atoms with Crippen LogP contribution in [-0.4, -0.2) is 141 Å². The molecular formula is C48H56N10O8S2. The number of aryl methyl sites for hydroxylation is 1. The van der Waals surface area contributed by atoms with Crippen molar-refractivity contribution in [2.45, 2.75) is 65.3 Å². The summed E-state index contributed by atoms with van der Waals surface area (Å²) >= 11 is 2.78. The van der Waals surface area contributed by atoms with Gasteiger partial charge in [0.25, 0.3) is 17.7 Å². The van der Waals surface area contributed by atoms with Crippen LogP contribution in [0.5, 0.6) is 5.75 Å². The van der Waals surface area contributed by atoms with Crippen LogP contribution in [0.4, 0.5) is 5.13 Å². The van der Waals surface area contributed by atoms with E-state index in [1.54, 1.807) is 60.2 Å². The molecule has 2 saturated heterocycles. The summed E-state index contributed by atoms with van der Waals surface area (Å²) in [5.74, 6) is -2.72. The Labute approximate surface area is 402 Å². The normalized spacial score (nSPS) is 16.7. The van der Waals surface area contributed by atoms with Gasteiger partial charge in [-0.15, -0.1) is 22.7 Å². The summed E-state index contributed by atoms with van der Waals surface area (Å²) in [5.41, 5.74) is 5.42. The lowest BCUT2D eigenvalue weighted by Gasteiger charge is -2.35. The minimum atomic E-state index is -1.05. The fourth-order valence-electron chi connectivity index (χ4n) is 7.79. The zero-order valence-corrected chi connectivity index (χ0v) is 40.2. The Morgan fingerprint density at radius 3 is 2.34 bits per heavy atom. The smallest absolute Gasteiger partial charge is 0.257 e. The van der Waals surface area contributed by atoms with Crippen molar-refractivity contribution < 1.29 is 38.6 Å². The number of piperazine rings is 1. The number of hydrogen-bond acceptors (Lipinski definition) is 14. The summed E-state index contributed by atoms with van der Waals surface area (Å²) < 4.78 is 5.83. The highest BCUT2D eigenvalue weighted by Gasteiger charge is 2.44. The maximum absolute atomic E-state index is 14.1. The van der Waals surface area contributed by atoms with Crippen molar-refractivity contribution in [3.8, 4) is 27.6 Å². The topological polar surface area (TPSA) is 228 Å². The van der Waals surface area contributed by atoms with Gasteiger partial charge in [-0.05, 0) is 60.8 Å². The molecule has 0 unspecified atom stereocenters. The van der Waals surface area contributed by atoms with Crippen LogP contribution in [0.2, 0.25) is 0 Å². The molecule has 0 radical (unpaired) electrons. The van der Waals surface area contributed by atoms with Crippen molar-refractivity contribution >= 4 is 63.2 Å². The van der Waals surface area contributed by atoms with Crippen LogP contribution in [0.25, 0.3) is 21.8 Å². The monoisotopic (exact) mass is 964 g/mol. The first-order valence-corrected chi connectivity index (χ1v) is 24.0. The SMILES string of the molecule is Cc1ncsc1-c1ccc(CNC(=O)[C@@H]2C[C@@H](O)CN2C(=O)[C@@H](NC(=O)CCNC(=O)COc2cc(C(=O)Nc3nc(-c4ccccn4)cs3)cc(C(=O)N3CCN(C)CC3)c2)C(C)(C)C)cc1. The van der Waals surface area contributed by atoms with Crippen LogP contribution in [0.3, 0.4) is 0 Å². The Morgan fingerprint density at radius 2 is 1.65 bits per heavy atom. The van der Waals surface area contributed by atoms with Crippen molar-refractivity contribution in [2.24, 2.45) is 5.41 Å². The van der Waals surface area contributed by atoms with Crippen molar-refractivity contribution in [1.82, 2.24) is 45.6 Å². The molecule has 2 aliphatic rings. The molecule has 18 nitrogen and oxygen atoms in total.